The minimum Gasteiger partial charge on any atom is -0.494 e. The Morgan fingerprint density at radius 2 is 1.25 bits per heavy atom. The van der Waals surface area contributed by atoms with E-state index in [-0.39, 0.29) is 11.5 Å². The Kier molecular flexibility index (Phi) is 15.7. The molecule has 0 aliphatic heterocycles. The first-order chi connectivity index (χ1) is 19.4. The molecule has 222 valence electrons. The third kappa shape index (κ3) is 11.5. The summed E-state index contributed by atoms with van der Waals surface area (Å²) in [5.74, 6) is -0.827. The van der Waals surface area contributed by atoms with Crippen LogP contribution in [0.2, 0.25) is 0 Å². The predicted octanol–water partition coefficient (Wildman–Crippen LogP) is 6.96. The Morgan fingerprint density at radius 3 is 1.75 bits per heavy atom. The Hall–Kier alpha value is -3.16. The van der Waals surface area contributed by atoms with E-state index in [1.807, 2.05) is 0 Å². The average Bonchev–Trinajstić information content (AvgIpc) is 2.96. The highest BCUT2D eigenvalue weighted by atomic mass is 16.5. The second kappa shape index (κ2) is 19.0. The van der Waals surface area contributed by atoms with Crippen LogP contribution in [-0.4, -0.2) is 33.0 Å². The maximum atomic E-state index is 12.3. The molecule has 1 aromatic carbocycles. The Labute approximate surface area is 239 Å². The van der Waals surface area contributed by atoms with Gasteiger partial charge in [0.25, 0.3) is 5.56 Å². The van der Waals surface area contributed by atoms with Gasteiger partial charge in [-0.05, 0) is 30.7 Å². The summed E-state index contributed by atoms with van der Waals surface area (Å²) in [5, 5.41) is 10.1. The zero-order valence-corrected chi connectivity index (χ0v) is 24.8. The largest absolute Gasteiger partial charge is 0.494 e. The maximum absolute atomic E-state index is 12.3. The van der Waals surface area contributed by atoms with Crippen LogP contribution in [0.5, 0.6) is 5.88 Å². The highest BCUT2D eigenvalue weighted by molar-refractivity contribution is 5.90. The summed E-state index contributed by atoms with van der Waals surface area (Å²) in [5.41, 5.74) is -0.436. The normalized spacial score (nSPS) is 11.4. The van der Waals surface area contributed by atoms with Gasteiger partial charge < -0.3 is 9.84 Å². The fourth-order valence-corrected chi connectivity index (χ4v) is 4.69. The lowest BCUT2D eigenvalue weighted by Crippen LogP contribution is -2.38. The zero-order chi connectivity index (χ0) is 29.2. The smallest absolute Gasteiger partial charge is 0.338 e. The van der Waals surface area contributed by atoms with Crippen LogP contribution in [0.25, 0.3) is 0 Å². The van der Waals surface area contributed by atoms with E-state index in [4.69, 9.17) is 4.74 Å². The van der Waals surface area contributed by atoms with Crippen LogP contribution in [0.1, 0.15) is 126 Å². The standard InChI is InChI=1S/C32H49N3O5/c1-4-5-6-7-8-9-10-11-12-13-14-15-16-17-18-19-24-40-31(38)26-20-22-27(23-21-26)33-25-28-29(36)34(2)32(39)35(3)30(28)37/h20-23,25,36H,4-19,24H2,1-3H3. The lowest BCUT2D eigenvalue weighted by atomic mass is 10.0. The molecule has 2 aromatic rings. The summed E-state index contributed by atoms with van der Waals surface area (Å²) in [6.45, 7) is 2.68. The molecule has 0 saturated heterocycles. The van der Waals surface area contributed by atoms with E-state index in [0.29, 0.717) is 17.9 Å². The monoisotopic (exact) mass is 555 g/mol. The van der Waals surface area contributed by atoms with Crippen LogP contribution in [0.3, 0.4) is 0 Å². The molecule has 0 bridgehead atoms. The van der Waals surface area contributed by atoms with Gasteiger partial charge in [0.05, 0.1) is 17.9 Å². The van der Waals surface area contributed by atoms with Gasteiger partial charge in [-0.25, -0.2) is 9.59 Å². The molecule has 0 aliphatic carbocycles. The van der Waals surface area contributed by atoms with Gasteiger partial charge >= 0.3 is 11.7 Å². The van der Waals surface area contributed by atoms with Crippen molar-refractivity contribution in [2.75, 3.05) is 6.61 Å². The molecule has 0 amide bonds. The third-order valence-electron chi connectivity index (χ3n) is 7.34. The number of aromatic nitrogens is 2. The molecular formula is C32H49N3O5. The summed E-state index contributed by atoms with van der Waals surface area (Å²) in [6.07, 6.45) is 22.0. The minimum atomic E-state index is -0.640. The molecule has 0 saturated carbocycles. The van der Waals surface area contributed by atoms with Gasteiger partial charge in [0.15, 0.2) is 0 Å². The van der Waals surface area contributed by atoms with Crippen molar-refractivity contribution in [3.8, 4) is 5.88 Å². The number of rotatable bonds is 20. The summed E-state index contributed by atoms with van der Waals surface area (Å²) >= 11 is 0. The molecule has 1 heterocycles. The number of ether oxygens (including phenoxy) is 1. The first kappa shape index (κ1) is 33.0. The lowest BCUT2D eigenvalue weighted by molar-refractivity contribution is 0.0497. The predicted molar refractivity (Wildman–Crippen MR) is 162 cm³/mol. The van der Waals surface area contributed by atoms with Gasteiger partial charge in [0.1, 0.15) is 5.56 Å². The highest BCUT2D eigenvalue weighted by Crippen LogP contribution is 2.16. The molecule has 8 nitrogen and oxygen atoms in total. The number of hydrogen-bond donors (Lipinski definition) is 1. The van der Waals surface area contributed by atoms with E-state index in [0.717, 1.165) is 22.0 Å². The molecule has 0 atom stereocenters. The molecule has 1 N–H and O–H groups in total. The molecule has 0 radical (unpaired) electrons. The van der Waals surface area contributed by atoms with E-state index in [1.54, 1.807) is 24.3 Å². The van der Waals surface area contributed by atoms with E-state index in [1.165, 1.54) is 110 Å². The summed E-state index contributed by atoms with van der Waals surface area (Å²) < 4.78 is 7.27. The van der Waals surface area contributed by atoms with Crippen LogP contribution in [0, 0.1) is 0 Å². The first-order valence-electron chi connectivity index (χ1n) is 15.2. The summed E-state index contributed by atoms with van der Waals surface area (Å²) in [7, 11) is 2.70. The van der Waals surface area contributed by atoms with Crippen molar-refractivity contribution in [3.05, 3.63) is 56.2 Å². The second-order valence-corrected chi connectivity index (χ2v) is 10.7. The van der Waals surface area contributed by atoms with Gasteiger partial charge in [-0.2, -0.15) is 0 Å². The molecule has 2 rings (SSSR count). The molecule has 8 heteroatoms. The number of aromatic hydroxyl groups is 1. The van der Waals surface area contributed by atoms with E-state index in [2.05, 4.69) is 11.9 Å². The number of carbonyl (C=O) groups excluding carboxylic acids is 1. The number of aliphatic imine (C=N–C) groups is 1. The molecular weight excluding hydrogens is 506 g/mol. The van der Waals surface area contributed by atoms with E-state index >= 15 is 0 Å². The molecule has 0 unspecified atom stereocenters. The highest BCUT2D eigenvalue weighted by Gasteiger charge is 2.13. The molecule has 1 aromatic heterocycles. The van der Waals surface area contributed by atoms with Gasteiger partial charge in [0, 0.05) is 20.3 Å². The summed E-state index contributed by atoms with van der Waals surface area (Å²) in [4.78, 5) is 40.6. The lowest BCUT2D eigenvalue weighted by Gasteiger charge is -2.07. The number of nitrogens with zero attached hydrogens (tertiary/aromatic N) is 3. The third-order valence-corrected chi connectivity index (χ3v) is 7.34. The van der Waals surface area contributed by atoms with Crippen molar-refractivity contribution < 1.29 is 14.6 Å². The fourth-order valence-electron chi connectivity index (χ4n) is 4.69. The Bertz CT molecular complexity index is 1160. The minimum absolute atomic E-state index is 0.0908. The quantitative estimate of drug-likeness (QED) is 0.108. The molecule has 0 spiro atoms. The first-order valence-corrected chi connectivity index (χ1v) is 15.2. The van der Waals surface area contributed by atoms with Crippen LogP contribution in [-0.2, 0) is 18.8 Å². The number of carbonyl (C=O) groups is 1. The Balaban J connectivity index is 1.56. The van der Waals surface area contributed by atoms with E-state index < -0.39 is 17.1 Å². The fraction of sp³-hybridized carbons (Fsp3) is 0.625. The van der Waals surface area contributed by atoms with Gasteiger partial charge in [-0.3, -0.25) is 18.9 Å². The maximum Gasteiger partial charge on any atom is 0.338 e. The van der Waals surface area contributed by atoms with E-state index in [9.17, 15) is 19.5 Å². The SMILES string of the molecule is CCCCCCCCCCCCCCCCCCOC(=O)c1ccc(N=Cc2c(O)n(C)c(=O)n(C)c2=O)cc1. The van der Waals surface area contributed by atoms with Crippen molar-refractivity contribution in [2.24, 2.45) is 19.1 Å². The average molecular weight is 556 g/mol. The molecule has 0 aliphatic rings. The zero-order valence-electron chi connectivity index (χ0n) is 24.8. The van der Waals surface area contributed by atoms with Crippen LogP contribution < -0.4 is 11.2 Å². The topological polar surface area (TPSA) is 103 Å². The van der Waals surface area contributed by atoms with Crippen molar-refractivity contribution in [3.63, 3.8) is 0 Å². The van der Waals surface area contributed by atoms with Crippen LogP contribution in [0.15, 0.2) is 38.8 Å². The number of unbranched alkanes of at least 4 members (excludes halogenated alkanes) is 15. The molecule has 0 fully saturated rings. The summed E-state index contributed by atoms with van der Waals surface area (Å²) in [6, 6.07) is 6.49. The van der Waals surface area contributed by atoms with Crippen molar-refractivity contribution in [1.82, 2.24) is 9.13 Å². The Morgan fingerprint density at radius 1 is 0.775 bits per heavy atom. The van der Waals surface area contributed by atoms with Gasteiger partial charge in [-0.15, -0.1) is 0 Å². The van der Waals surface area contributed by atoms with Gasteiger partial charge in [0.2, 0.25) is 5.88 Å². The van der Waals surface area contributed by atoms with Crippen molar-refractivity contribution in [2.45, 2.75) is 110 Å². The molecule has 40 heavy (non-hydrogen) atoms. The second-order valence-electron chi connectivity index (χ2n) is 10.7. The number of benzene rings is 1. The number of hydrogen-bond acceptors (Lipinski definition) is 6. The number of esters is 1. The van der Waals surface area contributed by atoms with Crippen LogP contribution >= 0.6 is 0 Å². The van der Waals surface area contributed by atoms with Crippen molar-refractivity contribution in [1.29, 1.82) is 0 Å². The van der Waals surface area contributed by atoms with Crippen molar-refractivity contribution >= 4 is 17.9 Å². The van der Waals surface area contributed by atoms with Crippen LogP contribution in [0.4, 0.5) is 5.69 Å². The van der Waals surface area contributed by atoms with Gasteiger partial charge in [-0.1, -0.05) is 103 Å².